The number of carbonyl (C=O) groups excluding carboxylic acids is 3. The molecule has 0 radical (unpaired) electrons. The van der Waals surface area contributed by atoms with Crippen molar-refractivity contribution in [2.24, 2.45) is 5.92 Å². The third kappa shape index (κ3) is 4.04. The van der Waals surface area contributed by atoms with Crippen molar-refractivity contribution in [2.75, 3.05) is 6.61 Å². The molecule has 0 amide bonds. The molecule has 1 fully saturated rings. The van der Waals surface area contributed by atoms with Crippen molar-refractivity contribution in [2.45, 2.75) is 58.0 Å². The minimum atomic E-state index is -0.832. The molecule has 0 N–H and O–H groups in total. The highest BCUT2D eigenvalue weighted by atomic mass is 16.5. The van der Waals surface area contributed by atoms with Crippen molar-refractivity contribution < 1.29 is 23.9 Å². The van der Waals surface area contributed by atoms with Gasteiger partial charge in [0.15, 0.2) is 23.1 Å². The number of Topliss-reactive ketones (excluding diaryl/α,β-unsaturated/α-hetero) is 2. The number of hydrogen-bond acceptors (Lipinski definition) is 5. The Morgan fingerprint density at radius 3 is 2.90 bits per heavy atom. The maximum atomic E-state index is 12.6. The molecule has 2 aliphatic carbocycles. The molecule has 1 aromatic rings. The van der Waals surface area contributed by atoms with E-state index in [0.29, 0.717) is 30.8 Å². The number of ether oxygens (including phenoxy) is 2. The van der Waals surface area contributed by atoms with E-state index in [1.165, 1.54) is 6.08 Å². The summed E-state index contributed by atoms with van der Waals surface area (Å²) in [5.41, 5.74) is 2.25. The van der Waals surface area contributed by atoms with Gasteiger partial charge < -0.3 is 9.47 Å². The van der Waals surface area contributed by atoms with E-state index in [-0.39, 0.29) is 29.4 Å². The lowest BCUT2D eigenvalue weighted by Crippen LogP contribution is -2.27. The van der Waals surface area contributed by atoms with Gasteiger partial charge in [0, 0.05) is 30.4 Å². The van der Waals surface area contributed by atoms with Crippen LogP contribution in [0.1, 0.15) is 51.5 Å². The number of hydrogen-bond donors (Lipinski definition) is 0. The minimum Gasteiger partial charge on any atom is -0.490 e. The van der Waals surface area contributed by atoms with E-state index in [4.69, 9.17) is 9.47 Å². The van der Waals surface area contributed by atoms with Gasteiger partial charge in [-0.1, -0.05) is 18.2 Å². The number of ketones is 3. The molecule has 152 valence electrons. The Labute approximate surface area is 170 Å². The second-order valence-electron chi connectivity index (χ2n) is 8.61. The first-order valence-corrected chi connectivity index (χ1v) is 10.3. The van der Waals surface area contributed by atoms with Crippen LogP contribution in [0, 0.1) is 5.92 Å². The summed E-state index contributed by atoms with van der Waals surface area (Å²) in [7, 11) is 0. The maximum Gasteiger partial charge on any atom is 0.170 e. The summed E-state index contributed by atoms with van der Waals surface area (Å²) in [5, 5.41) is 0. The zero-order chi connectivity index (χ0) is 20.6. The van der Waals surface area contributed by atoms with Crippen molar-refractivity contribution in [3.05, 3.63) is 47.1 Å². The van der Waals surface area contributed by atoms with Crippen LogP contribution in [-0.2, 0) is 20.8 Å². The summed E-state index contributed by atoms with van der Waals surface area (Å²) in [6, 6.07) is 5.86. The molecule has 0 aromatic heterocycles. The maximum absolute atomic E-state index is 12.6. The van der Waals surface area contributed by atoms with E-state index >= 15 is 0 Å². The van der Waals surface area contributed by atoms with E-state index in [2.05, 4.69) is 0 Å². The third-order valence-electron chi connectivity index (χ3n) is 5.68. The van der Waals surface area contributed by atoms with Crippen molar-refractivity contribution >= 4 is 17.3 Å². The van der Waals surface area contributed by atoms with E-state index in [9.17, 15) is 14.4 Å². The number of rotatable bonds is 6. The number of carbonyl (C=O) groups is 3. The van der Waals surface area contributed by atoms with Gasteiger partial charge in [-0.3, -0.25) is 14.4 Å². The van der Waals surface area contributed by atoms with Crippen LogP contribution in [0.4, 0.5) is 0 Å². The Hall–Kier alpha value is -2.69. The predicted molar refractivity (Wildman–Crippen MR) is 108 cm³/mol. The van der Waals surface area contributed by atoms with Crippen LogP contribution >= 0.6 is 0 Å². The summed E-state index contributed by atoms with van der Waals surface area (Å²) in [6.45, 7) is 4.45. The monoisotopic (exact) mass is 394 g/mol. The SMILES string of the molecule is CC1(C)Cc2cccc(OCCCC(=O)C3C=C4C(=O)CCCC4=CC3=O)c2O1. The van der Waals surface area contributed by atoms with Gasteiger partial charge in [-0.25, -0.2) is 0 Å². The highest BCUT2D eigenvalue weighted by Crippen LogP contribution is 2.41. The summed E-state index contributed by atoms with van der Waals surface area (Å²) in [4.78, 5) is 37.0. The fraction of sp³-hybridized carbons (Fsp3) is 0.458. The Morgan fingerprint density at radius 2 is 2.07 bits per heavy atom. The summed E-state index contributed by atoms with van der Waals surface area (Å²) in [5.74, 6) is 0.315. The molecule has 1 aromatic carbocycles. The van der Waals surface area contributed by atoms with Gasteiger partial charge in [0.05, 0.1) is 12.5 Å². The van der Waals surface area contributed by atoms with Gasteiger partial charge in [-0.05, 0) is 50.8 Å². The molecule has 4 rings (SSSR count). The smallest absolute Gasteiger partial charge is 0.170 e. The van der Waals surface area contributed by atoms with Crippen LogP contribution in [0.15, 0.2) is 41.5 Å². The van der Waals surface area contributed by atoms with E-state index in [0.717, 1.165) is 36.1 Å². The zero-order valence-corrected chi connectivity index (χ0v) is 17.0. The first-order valence-electron chi connectivity index (χ1n) is 10.3. The van der Waals surface area contributed by atoms with E-state index in [1.807, 2.05) is 32.0 Å². The molecule has 5 heteroatoms. The first-order chi connectivity index (χ1) is 13.8. The number of fused-ring (bicyclic) bond motifs is 2. The summed E-state index contributed by atoms with van der Waals surface area (Å²) in [6.07, 6.45) is 6.66. The summed E-state index contributed by atoms with van der Waals surface area (Å²) < 4.78 is 11.9. The molecule has 1 atom stereocenters. The molecule has 1 heterocycles. The molecule has 3 aliphatic rings. The highest BCUT2D eigenvalue weighted by molar-refractivity contribution is 6.14. The van der Waals surface area contributed by atoms with Crippen LogP contribution < -0.4 is 9.47 Å². The van der Waals surface area contributed by atoms with Crippen LogP contribution in [0.3, 0.4) is 0 Å². The number of allylic oxidation sites excluding steroid dienone is 4. The molecule has 0 saturated heterocycles. The Balaban J connectivity index is 1.33. The van der Waals surface area contributed by atoms with Gasteiger partial charge in [-0.15, -0.1) is 0 Å². The van der Waals surface area contributed by atoms with Crippen LogP contribution in [-0.4, -0.2) is 29.6 Å². The molecule has 1 saturated carbocycles. The van der Waals surface area contributed by atoms with Crippen molar-refractivity contribution in [3.63, 3.8) is 0 Å². The second kappa shape index (κ2) is 7.62. The highest BCUT2D eigenvalue weighted by Gasteiger charge is 2.33. The molecule has 5 nitrogen and oxygen atoms in total. The number of benzene rings is 1. The van der Waals surface area contributed by atoms with Crippen molar-refractivity contribution in [3.8, 4) is 11.5 Å². The standard InChI is InChI=1S/C24H26O5/c1-24(2)14-16-7-4-10-22(23(16)29-24)28-11-5-9-20(26)18-13-17-15(12-21(18)27)6-3-8-19(17)25/h4,7,10,12-13,18H,3,5-6,8-9,11,14H2,1-2H3. The van der Waals surface area contributed by atoms with Gasteiger partial charge >= 0.3 is 0 Å². The number of para-hydroxylation sites is 1. The largest absolute Gasteiger partial charge is 0.490 e. The molecular formula is C24H26O5. The van der Waals surface area contributed by atoms with Crippen molar-refractivity contribution in [1.29, 1.82) is 0 Å². The first kappa shape index (κ1) is 19.6. The van der Waals surface area contributed by atoms with Gasteiger partial charge in [0.2, 0.25) is 0 Å². The fourth-order valence-corrected chi connectivity index (χ4v) is 4.28. The Bertz CT molecular complexity index is 935. The lowest BCUT2D eigenvalue weighted by molar-refractivity contribution is -0.128. The minimum absolute atomic E-state index is 0.0389. The fourth-order valence-electron chi connectivity index (χ4n) is 4.28. The molecule has 0 bridgehead atoms. The molecule has 0 spiro atoms. The Kier molecular flexibility index (Phi) is 5.15. The Morgan fingerprint density at radius 1 is 1.24 bits per heavy atom. The topological polar surface area (TPSA) is 69.7 Å². The van der Waals surface area contributed by atoms with Crippen LogP contribution in [0.5, 0.6) is 11.5 Å². The van der Waals surface area contributed by atoms with Gasteiger partial charge in [0.25, 0.3) is 0 Å². The van der Waals surface area contributed by atoms with Crippen molar-refractivity contribution in [1.82, 2.24) is 0 Å². The van der Waals surface area contributed by atoms with Gasteiger partial charge in [0.1, 0.15) is 11.4 Å². The third-order valence-corrected chi connectivity index (χ3v) is 5.68. The van der Waals surface area contributed by atoms with Gasteiger partial charge in [-0.2, -0.15) is 0 Å². The second-order valence-corrected chi connectivity index (χ2v) is 8.61. The average molecular weight is 394 g/mol. The van der Waals surface area contributed by atoms with E-state index in [1.54, 1.807) is 6.08 Å². The molecule has 1 aliphatic heterocycles. The quantitative estimate of drug-likeness (QED) is 0.540. The molecule has 1 unspecified atom stereocenters. The lowest BCUT2D eigenvalue weighted by atomic mass is 9.79. The summed E-state index contributed by atoms with van der Waals surface area (Å²) >= 11 is 0. The predicted octanol–water partition coefficient (Wildman–Crippen LogP) is 3.93. The van der Waals surface area contributed by atoms with E-state index < -0.39 is 5.92 Å². The lowest BCUT2D eigenvalue weighted by Gasteiger charge is -2.23. The average Bonchev–Trinajstić information content (AvgIpc) is 2.99. The zero-order valence-electron chi connectivity index (χ0n) is 17.0. The van der Waals surface area contributed by atoms with Crippen LogP contribution in [0.25, 0.3) is 0 Å². The van der Waals surface area contributed by atoms with Crippen LogP contribution in [0.2, 0.25) is 0 Å². The molecular weight excluding hydrogens is 368 g/mol. The normalized spacial score (nSPS) is 22.2. The molecule has 29 heavy (non-hydrogen) atoms.